The van der Waals surface area contributed by atoms with E-state index in [4.69, 9.17) is 19.4 Å². The molecule has 2 aliphatic carbocycles. The number of esters is 2. The molecule has 1 saturated heterocycles. The Balaban J connectivity index is 1.05. The molecule has 0 bridgehead atoms. The molecule has 0 radical (unpaired) electrons. The van der Waals surface area contributed by atoms with Crippen LogP contribution in [0.15, 0.2) is 73.1 Å². The van der Waals surface area contributed by atoms with Crippen LogP contribution in [0.1, 0.15) is 109 Å². The molecular formula is C45H57N3O5. The Morgan fingerprint density at radius 2 is 1.55 bits per heavy atom. The van der Waals surface area contributed by atoms with Crippen molar-refractivity contribution in [2.75, 3.05) is 13.1 Å². The molecule has 1 unspecified atom stereocenters. The molecule has 2 fully saturated rings. The summed E-state index contributed by atoms with van der Waals surface area (Å²) in [5, 5.41) is 0. The first kappa shape index (κ1) is 38.4. The molecule has 8 heteroatoms. The monoisotopic (exact) mass is 719 g/mol. The van der Waals surface area contributed by atoms with E-state index in [9.17, 15) is 14.4 Å². The third kappa shape index (κ3) is 10.6. The molecule has 8 nitrogen and oxygen atoms in total. The first-order valence-electron chi connectivity index (χ1n) is 19.9. The highest BCUT2D eigenvalue weighted by molar-refractivity contribution is 5.86. The van der Waals surface area contributed by atoms with Gasteiger partial charge in [-0.15, -0.1) is 0 Å². The predicted molar refractivity (Wildman–Crippen MR) is 207 cm³/mol. The van der Waals surface area contributed by atoms with E-state index in [2.05, 4.69) is 13.0 Å². The van der Waals surface area contributed by atoms with Gasteiger partial charge in [0.1, 0.15) is 12.2 Å². The van der Waals surface area contributed by atoms with Crippen molar-refractivity contribution in [3.05, 3.63) is 89.8 Å². The van der Waals surface area contributed by atoms with E-state index in [1.54, 1.807) is 4.90 Å². The number of likely N-dealkylation sites (tertiary alicyclic amines) is 1. The van der Waals surface area contributed by atoms with E-state index in [0.717, 1.165) is 52.8 Å². The summed E-state index contributed by atoms with van der Waals surface area (Å²) in [6.45, 7) is 8.53. The van der Waals surface area contributed by atoms with Crippen LogP contribution >= 0.6 is 0 Å². The van der Waals surface area contributed by atoms with E-state index < -0.39 is 17.5 Å². The minimum Gasteiger partial charge on any atom is -0.461 e. The van der Waals surface area contributed by atoms with Crippen LogP contribution in [-0.2, 0) is 36.9 Å². The van der Waals surface area contributed by atoms with Crippen molar-refractivity contribution in [3.63, 3.8) is 0 Å². The van der Waals surface area contributed by atoms with Gasteiger partial charge in [0, 0.05) is 36.6 Å². The summed E-state index contributed by atoms with van der Waals surface area (Å²) in [7, 11) is 0. The molecular weight excluding hydrogens is 663 g/mol. The molecule has 2 aromatic carbocycles. The third-order valence-corrected chi connectivity index (χ3v) is 11.4. The lowest BCUT2D eigenvalue weighted by atomic mass is 9.70. The van der Waals surface area contributed by atoms with Crippen LogP contribution < -0.4 is 0 Å². The third-order valence-electron chi connectivity index (χ3n) is 11.4. The highest BCUT2D eigenvalue weighted by Gasteiger charge is 2.41. The molecule has 2 heterocycles. The molecule has 53 heavy (non-hydrogen) atoms. The number of hydrogen-bond acceptors (Lipinski definition) is 7. The van der Waals surface area contributed by atoms with Gasteiger partial charge in [-0.1, -0.05) is 93.3 Å². The number of rotatable bonds is 13. The summed E-state index contributed by atoms with van der Waals surface area (Å²) in [5.74, 6) is 1.44. The Kier molecular flexibility index (Phi) is 12.8. The molecule has 3 aromatic rings. The van der Waals surface area contributed by atoms with Gasteiger partial charge < -0.3 is 14.4 Å². The number of carbonyl (C=O) groups excluding carboxylic acids is 3. The summed E-state index contributed by atoms with van der Waals surface area (Å²) in [6.07, 6.45) is 18.5. The minimum atomic E-state index is -0.626. The fourth-order valence-electron chi connectivity index (χ4n) is 8.31. The second kappa shape index (κ2) is 17.7. The maximum Gasteiger partial charge on any atom is 0.313 e. The van der Waals surface area contributed by atoms with Crippen LogP contribution in [0.5, 0.6) is 0 Å². The molecule has 1 amide bonds. The molecule has 2 atom stereocenters. The fraction of sp³-hybridized carbons (Fsp3) is 0.533. The van der Waals surface area contributed by atoms with Crippen LogP contribution in [-0.4, -0.2) is 51.4 Å². The zero-order chi connectivity index (χ0) is 37.4. The number of amides is 1. The largest absolute Gasteiger partial charge is 0.461 e. The van der Waals surface area contributed by atoms with Crippen molar-refractivity contribution in [1.29, 1.82) is 0 Å². The van der Waals surface area contributed by atoms with Crippen molar-refractivity contribution in [2.24, 2.45) is 29.6 Å². The first-order valence-corrected chi connectivity index (χ1v) is 19.9. The van der Waals surface area contributed by atoms with Gasteiger partial charge in [-0.05, 0) is 93.7 Å². The van der Waals surface area contributed by atoms with Crippen molar-refractivity contribution in [1.82, 2.24) is 14.9 Å². The summed E-state index contributed by atoms with van der Waals surface area (Å²) in [4.78, 5) is 50.4. The van der Waals surface area contributed by atoms with Gasteiger partial charge in [0.05, 0.1) is 18.3 Å². The molecule has 6 rings (SSSR count). The van der Waals surface area contributed by atoms with Gasteiger partial charge in [-0.25, -0.2) is 9.97 Å². The Morgan fingerprint density at radius 1 is 0.849 bits per heavy atom. The second-order valence-electron chi connectivity index (χ2n) is 16.6. The summed E-state index contributed by atoms with van der Waals surface area (Å²) >= 11 is 0. The molecule has 0 spiro atoms. The minimum absolute atomic E-state index is 0.0533. The van der Waals surface area contributed by atoms with Gasteiger partial charge in [0.15, 0.2) is 5.82 Å². The van der Waals surface area contributed by atoms with Gasteiger partial charge in [-0.3, -0.25) is 14.4 Å². The lowest BCUT2D eigenvalue weighted by Gasteiger charge is -2.40. The zero-order valence-corrected chi connectivity index (χ0v) is 32.1. The van der Waals surface area contributed by atoms with Crippen molar-refractivity contribution in [2.45, 2.75) is 111 Å². The molecule has 1 aliphatic heterocycles. The summed E-state index contributed by atoms with van der Waals surface area (Å²) in [6, 6.07) is 17.4. The van der Waals surface area contributed by atoms with Crippen LogP contribution in [0.4, 0.5) is 0 Å². The fourth-order valence-corrected chi connectivity index (χ4v) is 8.31. The van der Waals surface area contributed by atoms with E-state index >= 15 is 0 Å². The normalized spacial score (nSPS) is 21.2. The number of hydrogen-bond donors (Lipinski definition) is 0. The van der Waals surface area contributed by atoms with E-state index in [0.29, 0.717) is 12.2 Å². The highest BCUT2D eigenvalue weighted by atomic mass is 16.6. The molecule has 3 aliphatic rings. The average molecular weight is 720 g/mol. The lowest BCUT2D eigenvalue weighted by Crippen LogP contribution is -2.56. The zero-order valence-electron chi connectivity index (χ0n) is 32.1. The highest BCUT2D eigenvalue weighted by Crippen LogP contribution is 2.42. The Bertz CT molecular complexity index is 1700. The van der Waals surface area contributed by atoms with E-state index in [-0.39, 0.29) is 43.9 Å². The van der Waals surface area contributed by atoms with Crippen LogP contribution in [0.3, 0.4) is 0 Å². The van der Waals surface area contributed by atoms with Gasteiger partial charge >= 0.3 is 11.9 Å². The van der Waals surface area contributed by atoms with Gasteiger partial charge in [-0.2, -0.15) is 0 Å². The van der Waals surface area contributed by atoms with Crippen molar-refractivity contribution < 1.29 is 23.9 Å². The van der Waals surface area contributed by atoms with Crippen molar-refractivity contribution in [3.8, 4) is 11.4 Å². The maximum absolute atomic E-state index is 13.7. The number of ether oxygens (including phenoxy) is 2. The summed E-state index contributed by atoms with van der Waals surface area (Å²) in [5.41, 5.74) is 4.58. The topological polar surface area (TPSA) is 98.7 Å². The number of benzene rings is 2. The second-order valence-corrected chi connectivity index (χ2v) is 16.6. The van der Waals surface area contributed by atoms with Crippen LogP contribution in [0.2, 0.25) is 0 Å². The standard InChI is InChI=1S/C45H57N3O5/c1-5-9-31-12-16-34(17-13-31)35-20-22-36(23-21-35)39-26-46-42(47-27-39)37-18-14-32(15-19-37)24-38(25-41(49)52-30-33-10-7-6-8-11-33)43(50)48-28-40(29-48)44(51)53-45(2,3)4/h6-8,10-11,14-15,18-19,22,26-27,31,34-35,38,40H,5,9,12-13,16-17,20-21,23-25,28-30H2,1-4H3/t31?,34?,35?,38-/m1/s1. The average Bonchev–Trinajstić information content (AvgIpc) is 3.14. The van der Waals surface area contributed by atoms with E-state index in [1.165, 1.54) is 50.5 Å². The SMILES string of the molecule is CCCC1CCC(C2CC=C(c3cnc(-c4ccc(C[C@H](CC(=O)OCc5ccccc5)C(=O)N5CC(C(=O)OC(C)(C)C)C5)cc4)nc3)CC2)CC1. The van der Waals surface area contributed by atoms with Gasteiger partial charge in [0.2, 0.25) is 5.91 Å². The molecule has 282 valence electrons. The quantitative estimate of drug-likeness (QED) is 0.163. The molecule has 0 N–H and O–H groups in total. The number of carbonyl (C=O) groups is 3. The Morgan fingerprint density at radius 3 is 2.17 bits per heavy atom. The van der Waals surface area contributed by atoms with Crippen molar-refractivity contribution >= 4 is 23.4 Å². The lowest BCUT2D eigenvalue weighted by molar-refractivity contribution is -0.169. The summed E-state index contributed by atoms with van der Waals surface area (Å²) < 4.78 is 11.1. The van der Waals surface area contributed by atoms with Crippen LogP contribution in [0.25, 0.3) is 17.0 Å². The molecule has 1 saturated carbocycles. The first-order chi connectivity index (χ1) is 25.5. The smallest absolute Gasteiger partial charge is 0.313 e. The Labute approximate surface area is 315 Å². The predicted octanol–water partition coefficient (Wildman–Crippen LogP) is 9.03. The number of nitrogens with zero attached hydrogens (tertiary/aromatic N) is 3. The van der Waals surface area contributed by atoms with Crippen LogP contribution in [0, 0.1) is 29.6 Å². The van der Waals surface area contributed by atoms with E-state index in [1.807, 2.05) is 87.8 Å². The Hall–Kier alpha value is -4.33. The number of allylic oxidation sites excluding steroid dienone is 2. The maximum atomic E-state index is 13.7. The van der Waals surface area contributed by atoms with Gasteiger partial charge in [0.25, 0.3) is 0 Å². The number of aromatic nitrogens is 2. The molecule has 1 aromatic heterocycles.